The van der Waals surface area contributed by atoms with Gasteiger partial charge < -0.3 is 20.1 Å². The number of carbonyl (C=O) groups excluding carboxylic acids is 3. The Morgan fingerprint density at radius 1 is 1.03 bits per heavy atom. The van der Waals surface area contributed by atoms with E-state index in [-0.39, 0.29) is 17.9 Å². The van der Waals surface area contributed by atoms with Gasteiger partial charge in [0.1, 0.15) is 17.9 Å². The van der Waals surface area contributed by atoms with Crippen LogP contribution in [0.4, 0.5) is 5.69 Å². The van der Waals surface area contributed by atoms with Crippen LogP contribution in [0.25, 0.3) is 0 Å². The van der Waals surface area contributed by atoms with E-state index in [0.29, 0.717) is 12.8 Å². The second kappa shape index (κ2) is 16.6. The van der Waals surface area contributed by atoms with E-state index in [1.165, 1.54) is 12.5 Å². The molecule has 2 bridgehead atoms. The van der Waals surface area contributed by atoms with Crippen molar-refractivity contribution >= 4 is 23.5 Å². The fourth-order valence-electron chi connectivity index (χ4n) is 4.32. The molecule has 2 atom stereocenters. The number of amides is 2. The number of hydrogen-bond donors (Lipinski definition) is 2. The number of anilines is 1. The van der Waals surface area contributed by atoms with E-state index < -0.39 is 12.0 Å². The maximum atomic E-state index is 12.5. The molecule has 1 aromatic rings. The zero-order chi connectivity index (χ0) is 27.0. The summed E-state index contributed by atoms with van der Waals surface area (Å²) >= 11 is 0. The van der Waals surface area contributed by atoms with Gasteiger partial charge in [0.15, 0.2) is 0 Å². The molecule has 2 amide bonds. The minimum absolute atomic E-state index is 0.0362. The van der Waals surface area contributed by atoms with Crippen LogP contribution in [0.3, 0.4) is 0 Å². The SMILES string of the molecule is COc1cc2cc(c1)NC(=O)CCCCCCC=CC[C@H](OC(=O)[C@@H](C)NC(C)=O)CC/C(C)=C/CC2. The van der Waals surface area contributed by atoms with Crippen molar-refractivity contribution in [3.63, 3.8) is 0 Å². The first-order chi connectivity index (χ1) is 17.8. The molecule has 1 aliphatic rings. The molecule has 0 fully saturated rings. The van der Waals surface area contributed by atoms with Crippen molar-refractivity contribution in [3.05, 3.63) is 47.6 Å². The monoisotopic (exact) mass is 512 g/mol. The number of rotatable bonds is 4. The van der Waals surface area contributed by atoms with E-state index >= 15 is 0 Å². The highest BCUT2D eigenvalue weighted by molar-refractivity contribution is 5.91. The van der Waals surface area contributed by atoms with Gasteiger partial charge in [0, 0.05) is 31.5 Å². The van der Waals surface area contributed by atoms with Gasteiger partial charge in [0.05, 0.1) is 7.11 Å². The minimum atomic E-state index is -0.669. The summed E-state index contributed by atoms with van der Waals surface area (Å²) in [5.74, 6) is 0.114. The molecule has 0 aromatic heterocycles. The number of allylic oxidation sites excluding steroid dienone is 3. The fraction of sp³-hybridized carbons (Fsp3) is 0.567. The van der Waals surface area contributed by atoms with Crippen LogP contribution in [0, 0.1) is 0 Å². The number of aryl methyl sites for hydroxylation is 1. The number of nitrogens with one attached hydrogen (secondary N) is 2. The molecule has 204 valence electrons. The third-order valence-corrected chi connectivity index (χ3v) is 6.42. The lowest BCUT2D eigenvalue weighted by atomic mass is 10.0. The topological polar surface area (TPSA) is 93.7 Å². The zero-order valence-corrected chi connectivity index (χ0v) is 22.9. The number of benzene rings is 1. The highest BCUT2D eigenvalue weighted by Crippen LogP contribution is 2.23. The highest BCUT2D eigenvalue weighted by atomic mass is 16.5. The molecule has 1 aromatic carbocycles. The van der Waals surface area contributed by atoms with Crippen LogP contribution in [0.15, 0.2) is 42.0 Å². The Morgan fingerprint density at radius 3 is 2.57 bits per heavy atom. The van der Waals surface area contributed by atoms with Crippen molar-refractivity contribution in [2.45, 2.75) is 104 Å². The fourth-order valence-corrected chi connectivity index (χ4v) is 4.32. The number of fused-ring (bicyclic) bond motifs is 2. The van der Waals surface area contributed by atoms with Gasteiger partial charge in [0.2, 0.25) is 11.8 Å². The van der Waals surface area contributed by atoms with Gasteiger partial charge in [-0.1, -0.05) is 36.6 Å². The molecule has 2 N–H and O–H groups in total. The molecular formula is C30H44N2O5. The quantitative estimate of drug-likeness (QED) is 0.379. The third kappa shape index (κ3) is 12.6. The Morgan fingerprint density at radius 2 is 1.81 bits per heavy atom. The lowest BCUT2D eigenvalue weighted by molar-refractivity contribution is -0.152. The zero-order valence-electron chi connectivity index (χ0n) is 22.9. The van der Waals surface area contributed by atoms with E-state index in [2.05, 4.69) is 35.8 Å². The van der Waals surface area contributed by atoms with Crippen LogP contribution in [0.2, 0.25) is 0 Å². The first-order valence-electron chi connectivity index (χ1n) is 13.5. The largest absolute Gasteiger partial charge is 0.497 e. The van der Waals surface area contributed by atoms with E-state index in [1.54, 1.807) is 14.0 Å². The summed E-state index contributed by atoms with van der Waals surface area (Å²) in [7, 11) is 1.64. The second-order valence-electron chi connectivity index (χ2n) is 9.89. The normalized spacial score (nSPS) is 20.8. The van der Waals surface area contributed by atoms with Crippen molar-refractivity contribution in [1.82, 2.24) is 5.32 Å². The van der Waals surface area contributed by atoms with Crippen LogP contribution in [0.1, 0.15) is 90.5 Å². The van der Waals surface area contributed by atoms with E-state index in [4.69, 9.17) is 9.47 Å². The Kier molecular flexibility index (Phi) is 13.5. The molecule has 7 nitrogen and oxygen atoms in total. The summed E-state index contributed by atoms with van der Waals surface area (Å²) in [6.45, 7) is 5.14. The van der Waals surface area contributed by atoms with Gasteiger partial charge in [-0.3, -0.25) is 9.59 Å². The maximum Gasteiger partial charge on any atom is 0.328 e. The van der Waals surface area contributed by atoms with E-state index in [9.17, 15) is 14.4 Å². The molecule has 1 aliphatic heterocycles. The molecule has 0 radical (unpaired) electrons. The Hall–Kier alpha value is -3.09. The molecule has 1 heterocycles. The summed E-state index contributed by atoms with van der Waals surface area (Å²) in [5.41, 5.74) is 3.12. The van der Waals surface area contributed by atoms with Crippen molar-refractivity contribution in [2.24, 2.45) is 0 Å². The molecule has 2 rings (SSSR count). The van der Waals surface area contributed by atoms with Gasteiger partial charge in [0.25, 0.3) is 0 Å². The van der Waals surface area contributed by atoms with Crippen LogP contribution < -0.4 is 15.4 Å². The van der Waals surface area contributed by atoms with Gasteiger partial charge in [-0.2, -0.15) is 0 Å². The first-order valence-corrected chi connectivity index (χ1v) is 13.5. The molecule has 0 spiro atoms. The molecule has 0 saturated carbocycles. The first kappa shape index (κ1) is 30.1. The third-order valence-electron chi connectivity index (χ3n) is 6.42. The van der Waals surface area contributed by atoms with Crippen LogP contribution >= 0.6 is 0 Å². The van der Waals surface area contributed by atoms with Crippen molar-refractivity contribution in [2.75, 3.05) is 12.4 Å². The van der Waals surface area contributed by atoms with Crippen LogP contribution in [-0.2, 0) is 25.5 Å². The molecule has 0 unspecified atom stereocenters. The molecule has 0 saturated heterocycles. The minimum Gasteiger partial charge on any atom is -0.497 e. The van der Waals surface area contributed by atoms with E-state index in [1.807, 2.05) is 18.2 Å². The van der Waals surface area contributed by atoms with Crippen LogP contribution in [0.5, 0.6) is 5.75 Å². The molecular weight excluding hydrogens is 468 g/mol. The standard InChI is InChI=1S/C30H44N2O5/c1-22-13-12-14-25-19-26(21-28(20-25)36-4)32-29(34)16-11-9-7-5-6-8-10-15-27(18-17-22)37-30(35)23(2)31-24(3)33/h8,10,13,19-21,23,27H,5-7,9,11-12,14-18H2,1-4H3,(H,31,33)(H,32,34)/b10-8?,22-13+/t23-,27+/m1/s1. The molecule has 37 heavy (non-hydrogen) atoms. The summed E-state index contributed by atoms with van der Waals surface area (Å²) < 4.78 is 11.2. The summed E-state index contributed by atoms with van der Waals surface area (Å²) in [5, 5.41) is 5.62. The van der Waals surface area contributed by atoms with Gasteiger partial charge in [-0.15, -0.1) is 0 Å². The number of hydrogen-bond acceptors (Lipinski definition) is 5. The summed E-state index contributed by atoms with van der Waals surface area (Å²) in [6, 6.07) is 5.21. The second-order valence-corrected chi connectivity index (χ2v) is 9.89. The average Bonchev–Trinajstić information content (AvgIpc) is 2.84. The predicted octanol–water partition coefficient (Wildman–Crippen LogP) is 6.03. The lowest BCUT2D eigenvalue weighted by Crippen LogP contribution is -2.39. The molecule has 0 aliphatic carbocycles. The van der Waals surface area contributed by atoms with Crippen molar-refractivity contribution in [1.29, 1.82) is 0 Å². The number of esters is 1. The summed E-state index contributed by atoms with van der Waals surface area (Å²) in [6.07, 6.45) is 15.6. The highest BCUT2D eigenvalue weighted by Gasteiger charge is 2.20. The van der Waals surface area contributed by atoms with Crippen LogP contribution in [-0.4, -0.2) is 37.0 Å². The smallest absolute Gasteiger partial charge is 0.328 e. The Labute approximate surface area is 222 Å². The number of methoxy groups -OCH3 is 1. The average molecular weight is 513 g/mol. The lowest BCUT2D eigenvalue weighted by Gasteiger charge is -2.20. The van der Waals surface area contributed by atoms with E-state index in [0.717, 1.165) is 74.8 Å². The van der Waals surface area contributed by atoms with Gasteiger partial charge >= 0.3 is 5.97 Å². The van der Waals surface area contributed by atoms with Gasteiger partial charge in [-0.25, -0.2) is 4.79 Å². The Balaban J connectivity index is 2.09. The number of carbonyl (C=O) groups is 3. The summed E-state index contributed by atoms with van der Waals surface area (Å²) in [4.78, 5) is 36.2. The Bertz CT molecular complexity index is 953. The van der Waals surface area contributed by atoms with Gasteiger partial charge in [-0.05, 0) is 76.5 Å². The number of ether oxygens (including phenoxy) is 2. The maximum absolute atomic E-state index is 12.5. The molecule has 7 heteroatoms. The van der Waals surface area contributed by atoms with Crippen molar-refractivity contribution < 1.29 is 23.9 Å². The predicted molar refractivity (Wildman–Crippen MR) is 148 cm³/mol. The van der Waals surface area contributed by atoms with Crippen molar-refractivity contribution in [3.8, 4) is 5.75 Å².